The Morgan fingerprint density at radius 3 is 2.53 bits per heavy atom. The number of rotatable bonds is 3. The van der Waals surface area contributed by atoms with Crippen molar-refractivity contribution in [2.45, 2.75) is 19.4 Å². The molecule has 0 spiro atoms. The highest BCUT2D eigenvalue weighted by atomic mass is 19.1. The molecule has 0 aliphatic carbocycles. The number of halogens is 2. The molecule has 0 fully saturated rings. The lowest BCUT2D eigenvalue weighted by molar-refractivity contribution is -0.133. The molecule has 1 amide bonds. The van der Waals surface area contributed by atoms with E-state index in [1.807, 2.05) is 0 Å². The van der Waals surface area contributed by atoms with Crippen LogP contribution < -0.4 is 0 Å². The summed E-state index contributed by atoms with van der Waals surface area (Å²) in [5.74, 6) is -3.31. The summed E-state index contributed by atoms with van der Waals surface area (Å²) < 4.78 is 26.9. The van der Waals surface area contributed by atoms with E-state index in [4.69, 9.17) is 5.11 Å². The number of nitrogens with zero attached hydrogens (tertiary/aromatic N) is 2. The Balaban J connectivity index is 2.29. The maximum Gasteiger partial charge on any atom is 0.352 e. The molecule has 1 N–H and O–H groups in total. The van der Waals surface area contributed by atoms with E-state index in [1.165, 1.54) is 6.07 Å². The number of carbonyl (C=O) groups excluding carboxylic acids is 1. The highest BCUT2D eigenvalue weighted by Gasteiger charge is 2.25. The molecule has 1 heterocycles. The van der Waals surface area contributed by atoms with Gasteiger partial charge in [-0.1, -0.05) is 6.07 Å². The first-order chi connectivity index (χ1) is 8.99. The Labute approximate surface area is 107 Å². The summed E-state index contributed by atoms with van der Waals surface area (Å²) in [5, 5.41) is 13.2. The predicted molar refractivity (Wildman–Crippen MR) is 61.2 cm³/mol. The maximum atomic E-state index is 13.4. The number of carbonyl (C=O) groups is 2. The predicted octanol–water partition coefficient (Wildman–Crippen LogP) is 1.53. The molecule has 0 bridgehead atoms. The average molecular weight is 268 g/mol. The molecule has 0 atom stereocenters. The molecule has 1 aromatic carbocycles. The van der Waals surface area contributed by atoms with Gasteiger partial charge in [0.25, 0.3) is 0 Å². The Morgan fingerprint density at radius 1 is 1.32 bits per heavy atom. The largest absolute Gasteiger partial charge is 0.477 e. The van der Waals surface area contributed by atoms with Crippen molar-refractivity contribution >= 4 is 17.6 Å². The van der Waals surface area contributed by atoms with Crippen LogP contribution in [0.15, 0.2) is 23.3 Å². The van der Waals surface area contributed by atoms with Crippen LogP contribution in [-0.2, 0) is 16.1 Å². The molecule has 19 heavy (non-hydrogen) atoms. The summed E-state index contributed by atoms with van der Waals surface area (Å²) in [5.41, 5.74) is -0.511. The Kier molecular flexibility index (Phi) is 3.55. The Bertz CT molecular complexity index is 552. The van der Waals surface area contributed by atoms with Gasteiger partial charge in [0.2, 0.25) is 5.91 Å². The fourth-order valence-electron chi connectivity index (χ4n) is 1.71. The lowest BCUT2D eigenvalue weighted by Gasteiger charge is -2.22. The molecular formula is C12H10F2N2O3. The van der Waals surface area contributed by atoms with Crippen molar-refractivity contribution in [1.29, 1.82) is 0 Å². The number of amides is 1. The molecule has 0 radical (unpaired) electrons. The lowest BCUT2D eigenvalue weighted by atomic mass is 10.1. The highest BCUT2D eigenvalue weighted by Crippen LogP contribution is 2.18. The van der Waals surface area contributed by atoms with Gasteiger partial charge >= 0.3 is 5.97 Å². The van der Waals surface area contributed by atoms with Crippen molar-refractivity contribution in [2.24, 2.45) is 5.10 Å². The highest BCUT2D eigenvalue weighted by molar-refractivity contribution is 6.36. The van der Waals surface area contributed by atoms with Crippen molar-refractivity contribution in [1.82, 2.24) is 5.01 Å². The first kappa shape index (κ1) is 13.1. The maximum absolute atomic E-state index is 13.4. The average Bonchev–Trinajstić information content (AvgIpc) is 2.35. The van der Waals surface area contributed by atoms with Gasteiger partial charge in [-0.15, -0.1) is 0 Å². The van der Waals surface area contributed by atoms with E-state index in [1.54, 1.807) is 0 Å². The van der Waals surface area contributed by atoms with Crippen LogP contribution in [0.2, 0.25) is 0 Å². The third-order valence-electron chi connectivity index (χ3n) is 2.72. The van der Waals surface area contributed by atoms with Crippen LogP contribution in [0.25, 0.3) is 0 Å². The van der Waals surface area contributed by atoms with Gasteiger partial charge in [0.15, 0.2) is 0 Å². The van der Waals surface area contributed by atoms with Crippen molar-refractivity contribution in [3.63, 3.8) is 0 Å². The van der Waals surface area contributed by atoms with E-state index in [2.05, 4.69) is 5.10 Å². The van der Waals surface area contributed by atoms with E-state index in [-0.39, 0.29) is 24.1 Å². The van der Waals surface area contributed by atoms with Crippen LogP contribution in [0, 0.1) is 11.6 Å². The van der Waals surface area contributed by atoms with Gasteiger partial charge in [-0.25, -0.2) is 18.6 Å². The van der Waals surface area contributed by atoms with Crippen LogP contribution in [0.1, 0.15) is 18.4 Å². The molecule has 5 nitrogen and oxygen atoms in total. The Hall–Kier alpha value is -2.31. The molecule has 7 heteroatoms. The first-order valence-corrected chi connectivity index (χ1v) is 5.53. The van der Waals surface area contributed by atoms with Crippen LogP contribution in [0.3, 0.4) is 0 Å². The SMILES string of the molecule is O=C(O)C1=NN(Cc2c(F)cccc2F)C(=O)CC1. The zero-order chi connectivity index (χ0) is 14.0. The molecule has 0 aromatic heterocycles. The summed E-state index contributed by atoms with van der Waals surface area (Å²) in [6.07, 6.45) is -0.0222. The zero-order valence-corrected chi connectivity index (χ0v) is 9.77. The minimum absolute atomic E-state index is 0.0183. The minimum atomic E-state index is -1.24. The van der Waals surface area contributed by atoms with Gasteiger partial charge < -0.3 is 5.11 Å². The second kappa shape index (κ2) is 5.13. The fraction of sp³-hybridized carbons (Fsp3) is 0.250. The monoisotopic (exact) mass is 268 g/mol. The second-order valence-corrected chi connectivity index (χ2v) is 4.00. The van der Waals surface area contributed by atoms with E-state index < -0.39 is 30.1 Å². The van der Waals surface area contributed by atoms with Crippen molar-refractivity contribution < 1.29 is 23.5 Å². The first-order valence-electron chi connectivity index (χ1n) is 5.53. The lowest BCUT2D eigenvalue weighted by Crippen LogP contribution is -2.34. The summed E-state index contributed by atoms with van der Waals surface area (Å²) >= 11 is 0. The molecule has 0 saturated heterocycles. The number of hydrazone groups is 1. The van der Waals surface area contributed by atoms with Gasteiger partial charge in [0.05, 0.1) is 6.54 Å². The molecule has 1 aliphatic heterocycles. The third kappa shape index (κ3) is 2.75. The smallest absolute Gasteiger partial charge is 0.352 e. The molecular weight excluding hydrogens is 258 g/mol. The molecule has 100 valence electrons. The zero-order valence-electron chi connectivity index (χ0n) is 9.77. The standard InChI is InChI=1S/C12H10F2N2O3/c13-8-2-1-3-9(14)7(8)6-16-11(17)5-4-10(15-16)12(18)19/h1-3H,4-6H2,(H,18,19). The van der Waals surface area contributed by atoms with E-state index >= 15 is 0 Å². The second-order valence-electron chi connectivity index (χ2n) is 4.00. The third-order valence-corrected chi connectivity index (χ3v) is 2.72. The van der Waals surface area contributed by atoms with E-state index in [0.717, 1.165) is 17.1 Å². The van der Waals surface area contributed by atoms with Crippen LogP contribution in [-0.4, -0.2) is 27.7 Å². The normalized spacial score (nSPS) is 15.4. The number of aliphatic carboxylic acids is 1. The van der Waals surface area contributed by atoms with E-state index in [0.29, 0.717) is 0 Å². The van der Waals surface area contributed by atoms with Crippen molar-refractivity contribution in [2.75, 3.05) is 0 Å². The topological polar surface area (TPSA) is 70.0 Å². The van der Waals surface area contributed by atoms with Gasteiger partial charge in [-0.2, -0.15) is 5.10 Å². The van der Waals surface area contributed by atoms with E-state index in [9.17, 15) is 18.4 Å². The summed E-state index contributed by atoms with van der Waals surface area (Å²) in [4.78, 5) is 22.3. The Morgan fingerprint density at radius 2 is 1.95 bits per heavy atom. The number of benzene rings is 1. The molecule has 2 rings (SSSR count). The quantitative estimate of drug-likeness (QED) is 0.903. The van der Waals surface area contributed by atoms with Gasteiger partial charge in [0, 0.05) is 18.4 Å². The number of hydrogen-bond donors (Lipinski definition) is 1. The van der Waals surface area contributed by atoms with Crippen molar-refractivity contribution in [3.8, 4) is 0 Å². The summed E-state index contributed by atoms with van der Waals surface area (Å²) in [6, 6.07) is 3.33. The summed E-state index contributed by atoms with van der Waals surface area (Å²) in [7, 11) is 0. The number of hydrogen-bond acceptors (Lipinski definition) is 3. The number of carboxylic acids is 1. The van der Waals surface area contributed by atoms with Crippen LogP contribution >= 0.6 is 0 Å². The fourth-order valence-corrected chi connectivity index (χ4v) is 1.71. The van der Waals surface area contributed by atoms with Gasteiger partial charge in [0.1, 0.15) is 17.3 Å². The summed E-state index contributed by atoms with van der Waals surface area (Å²) in [6.45, 7) is -0.423. The molecule has 0 saturated carbocycles. The van der Waals surface area contributed by atoms with Gasteiger partial charge in [-0.05, 0) is 12.1 Å². The minimum Gasteiger partial charge on any atom is -0.477 e. The van der Waals surface area contributed by atoms with Crippen molar-refractivity contribution in [3.05, 3.63) is 35.4 Å². The van der Waals surface area contributed by atoms with Crippen LogP contribution in [0.5, 0.6) is 0 Å². The number of carboxylic acid groups (broad SMARTS) is 1. The van der Waals surface area contributed by atoms with Gasteiger partial charge in [-0.3, -0.25) is 4.79 Å². The molecule has 0 unspecified atom stereocenters. The molecule has 1 aromatic rings. The molecule has 1 aliphatic rings. The van der Waals surface area contributed by atoms with Crippen LogP contribution in [0.4, 0.5) is 8.78 Å².